The van der Waals surface area contributed by atoms with Gasteiger partial charge in [0, 0.05) is 13.1 Å². The van der Waals surface area contributed by atoms with Crippen molar-refractivity contribution in [3.63, 3.8) is 0 Å². The van der Waals surface area contributed by atoms with Crippen molar-refractivity contribution in [1.29, 1.82) is 0 Å². The highest BCUT2D eigenvalue weighted by atomic mass is 16.2. The topological polar surface area (TPSA) is 75.4 Å². The molecule has 5 nitrogen and oxygen atoms in total. The van der Waals surface area contributed by atoms with Crippen molar-refractivity contribution in [3.05, 3.63) is 0 Å². The van der Waals surface area contributed by atoms with Crippen LogP contribution in [0.2, 0.25) is 0 Å². The molecule has 2 aliphatic heterocycles. The van der Waals surface area contributed by atoms with E-state index in [9.17, 15) is 9.59 Å². The van der Waals surface area contributed by atoms with Gasteiger partial charge in [0.2, 0.25) is 11.8 Å². The molecule has 2 unspecified atom stereocenters. The Balaban J connectivity index is 1.94. The SMILES string of the molecule is NC(=O)C1CCN1C(=O)C1CCNC1. The van der Waals surface area contributed by atoms with Crippen molar-refractivity contribution < 1.29 is 9.59 Å². The van der Waals surface area contributed by atoms with Gasteiger partial charge in [-0.3, -0.25) is 9.59 Å². The number of likely N-dealkylation sites (tertiary alicyclic amines) is 1. The van der Waals surface area contributed by atoms with Gasteiger partial charge in [0.15, 0.2) is 0 Å². The number of nitrogens with zero attached hydrogens (tertiary/aromatic N) is 1. The van der Waals surface area contributed by atoms with Gasteiger partial charge in [-0.25, -0.2) is 0 Å². The van der Waals surface area contributed by atoms with Crippen LogP contribution in [0.15, 0.2) is 0 Å². The molecule has 78 valence electrons. The Bertz CT molecular complexity index is 261. The molecular formula is C9H15N3O2. The Morgan fingerprint density at radius 1 is 1.36 bits per heavy atom. The summed E-state index contributed by atoms with van der Waals surface area (Å²) < 4.78 is 0. The highest BCUT2D eigenvalue weighted by molar-refractivity contribution is 5.89. The van der Waals surface area contributed by atoms with Crippen LogP contribution in [-0.4, -0.2) is 42.4 Å². The van der Waals surface area contributed by atoms with Crippen LogP contribution in [0, 0.1) is 5.92 Å². The molecule has 14 heavy (non-hydrogen) atoms. The maximum atomic E-state index is 11.8. The second-order valence-corrected chi connectivity index (χ2v) is 3.93. The first kappa shape index (κ1) is 9.45. The first-order valence-electron chi connectivity index (χ1n) is 5.00. The Morgan fingerprint density at radius 3 is 2.57 bits per heavy atom. The highest BCUT2D eigenvalue weighted by Gasteiger charge is 2.39. The smallest absolute Gasteiger partial charge is 0.240 e. The summed E-state index contributed by atoms with van der Waals surface area (Å²) in [6.07, 6.45) is 1.60. The molecule has 0 aromatic carbocycles. The van der Waals surface area contributed by atoms with Crippen LogP contribution in [0.1, 0.15) is 12.8 Å². The number of carbonyl (C=O) groups is 2. The molecule has 0 saturated carbocycles. The Hall–Kier alpha value is -1.10. The van der Waals surface area contributed by atoms with E-state index in [1.54, 1.807) is 4.90 Å². The lowest BCUT2D eigenvalue weighted by Gasteiger charge is -2.40. The van der Waals surface area contributed by atoms with Gasteiger partial charge >= 0.3 is 0 Å². The lowest BCUT2D eigenvalue weighted by Crippen LogP contribution is -2.58. The van der Waals surface area contributed by atoms with E-state index in [-0.39, 0.29) is 23.8 Å². The van der Waals surface area contributed by atoms with E-state index in [1.165, 1.54) is 0 Å². The van der Waals surface area contributed by atoms with Crippen LogP contribution in [0.3, 0.4) is 0 Å². The second-order valence-electron chi connectivity index (χ2n) is 3.93. The predicted molar refractivity (Wildman–Crippen MR) is 50.3 cm³/mol. The fourth-order valence-electron chi connectivity index (χ4n) is 2.05. The number of hydrogen-bond donors (Lipinski definition) is 2. The molecule has 0 spiro atoms. The van der Waals surface area contributed by atoms with E-state index in [1.807, 2.05) is 0 Å². The molecule has 5 heteroatoms. The maximum Gasteiger partial charge on any atom is 0.240 e. The fraction of sp³-hybridized carbons (Fsp3) is 0.778. The van der Waals surface area contributed by atoms with Gasteiger partial charge in [-0.2, -0.15) is 0 Å². The molecule has 0 bridgehead atoms. The number of primary amides is 1. The Kier molecular flexibility index (Phi) is 2.41. The van der Waals surface area contributed by atoms with Crippen LogP contribution in [0.4, 0.5) is 0 Å². The minimum absolute atomic E-state index is 0.0529. The molecule has 2 saturated heterocycles. The minimum Gasteiger partial charge on any atom is -0.368 e. The van der Waals surface area contributed by atoms with Crippen LogP contribution in [0.5, 0.6) is 0 Å². The van der Waals surface area contributed by atoms with E-state index >= 15 is 0 Å². The van der Waals surface area contributed by atoms with Crippen molar-refractivity contribution in [2.75, 3.05) is 19.6 Å². The molecule has 0 radical (unpaired) electrons. The Morgan fingerprint density at radius 2 is 2.14 bits per heavy atom. The number of nitrogens with two attached hydrogens (primary N) is 1. The molecule has 2 amide bonds. The number of amides is 2. The molecule has 2 atom stereocenters. The summed E-state index contributed by atoms with van der Waals surface area (Å²) in [6.45, 7) is 2.31. The summed E-state index contributed by atoms with van der Waals surface area (Å²) in [4.78, 5) is 24.4. The monoisotopic (exact) mass is 197 g/mol. The number of hydrogen-bond acceptors (Lipinski definition) is 3. The summed E-state index contributed by atoms with van der Waals surface area (Å²) in [5, 5.41) is 3.14. The molecule has 2 heterocycles. The van der Waals surface area contributed by atoms with Crippen molar-refractivity contribution in [3.8, 4) is 0 Å². The zero-order chi connectivity index (χ0) is 10.1. The third-order valence-corrected chi connectivity index (χ3v) is 3.04. The van der Waals surface area contributed by atoms with Crippen LogP contribution in [-0.2, 0) is 9.59 Å². The van der Waals surface area contributed by atoms with Crippen LogP contribution < -0.4 is 11.1 Å². The summed E-state index contributed by atoms with van der Waals surface area (Å²) in [6, 6.07) is -0.344. The zero-order valence-corrected chi connectivity index (χ0v) is 8.03. The largest absolute Gasteiger partial charge is 0.368 e. The van der Waals surface area contributed by atoms with Gasteiger partial charge in [-0.15, -0.1) is 0 Å². The minimum atomic E-state index is -0.379. The first-order valence-corrected chi connectivity index (χ1v) is 5.00. The Labute approximate surface area is 82.6 Å². The molecule has 0 aromatic heterocycles. The first-order chi connectivity index (χ1) is 6.70. The average Bonchev–Trinajstić information content (AvgIpc) is 2.51. The van der Waals surface area contributed by atoms with Gasteiger partial charge in [0.1, 0.15) is 6.04 Å². The van der Waals surface area contributed by atoms with Crippen LogP contribution in [0.25, 0.3) is 0 Å². The molecule has 2 aliphatic rings. The van der Waals surface area contributed by atoms with Gasteiger partial charge in [0.25, 0.3) is 0 Å². The third-order valence-electron chi connectivity index (χ3n) is 3.04. The average molecular weight is 197 g/mol. The fourth-order valence-corrected chi connectivity index (χ4v) is 2.05. The van der Waals surface area contributed by atoms with Crippen molar-refractivity contribution in [2.45, 2.75) is 18.9 Å². The number of carbonyl (C=O) groups excluding carboxylic acids is 2. The maximum absolute atomic E-state index is 11.8. The number of nitrogens with one attached hydrogen (secondary N) is 1. The summed E-state index contributed by atoms with van der Waals surface area (Å²) >= 11 is 0. The summed E-state index contributed by atoms with van der Waals surface area (Å²) in [5.74, 6) is -0.238. The van der Waals surface area contributed by atoms with E-state index in [4.69, 9.17) is 5.73 Å². The van der Waals surface area contributed by atoms with E-state index in [2.05, 4.69) is 5.32 Å². The molecule has 0 aliphatic carbocycles. The molecule has 2 fully saturated rings. The second kappa shape index (κ2) is 3.57. The lowest BCUT2D eigenvalue weighted by molar-refractivity contribution is -0.148. The van der Waals surface area contributed by atoms with E-state index < -0.39 is 0 Å². The van der Waals surface area contributed by atoms with Gasteiger partial charge in [-0.1, -0.05) is 0 Å². The van der Waals surface area contributed by atoms with Crippen molar-refractivity contribution in [1.82, 2.24) is 10.2 Å². The lowest BCUT2D eigenvalue weighted by atomic mass is 9.98. The van der Waals surface area contributed by atoms with Gasteiger partial charge in [0.05, 0.1) is 5.92 Å². The van der Waals surface area contributed by atoms with Crippen molar-refractivity contribution >= 4 is 11.8 Å². The van der Waals surface area contributed by atoms with Gasteiger partial charge < -0.3 is 16.0 Å². The molecule has 0 aromatic rings. The third kappa shape index (κ3) is 1.48. The highest BCUT2D eigenvalue weighted by Crippen LogP contribution is 2.22. The van der Waals surface area contributed by atoms with E-state index in [0.717, 1.165) is 25.9 Å². The number of rotatable bonds is 2. The normalized spacial score (nSPS) is 31.3. The summed E-state index contributed by atoms with van der Waals surface area (Å²) in [5.41, 5.74) is 5.18. The molecule has 2 rings (SSSR count). The zero-order valence-electron chi connectivity index (χ0n) is 8.03. The predicted octanol–water partition coefficient (Wildman–Crippen LogP) is -1.32. The standard InChI is InChI=1S/C9H15N3O2/c10-8(13)7-2-4-12(7)9(14)6-1-3-11-5-6/h6-7,11H,1-5H2,(H2,10,13). The van der Waals surface area contributed by atoms with Gasteiger partial charge in [-0.05, 0) is 19.4 Å². The van der Waals surface area contributed by atoms with Crippen molar-refractivity contribution in [2.24, 2.45) is 11.7 Å². The van der Waals surface area contributed by atoms with E-state index in [0.29, 0.717) is 6.54 Å². The van der Waals surface area contributed by atoms with Crippen LogP contribution >= 0.6 is 0 Å². The summed E-state index contributed by atoms with van der Waals surface area (Å²) in [7, 11) is 0. The quantitative estimate of drug-likeness (QED) is 0.576. The molecular weight excluding hydrogens is 182 g/mol. The molecule has 3 N–H and O–H groups in total.